The number of fused-ring (bicyclic) bond motifs is 3. The van der Waals surface area contributed by atoms with Crippen molar-refractivity contribution in [2.75, 3.05) is 13.1 Å². The molecule has 0 aliphatic carbocycles. The van der Waals surface area contributed by atoms with Gasteiger partial charge in [-0.05, 0) is 18.4 Å². The lowest BCUT2D eigenvalue weighted by atomic mass is 9.93. The van der Waals surface area contributed by atoms with Crippen LogP contribution in [0.5, 0.6) is 0 Å². The molecule has 0 radical (unpaired) electrons. The SMILES string of the molecule is Cn1ccc(C(=O)N2C[C@H]3CCc4nnc(-c5ccccc5)n4[C@H]3C2)n1. The predicted octanol–water partition coefficient (Wildman–Crippen LogP) is 1.94. The summed E-state index contributed by atoms with van der Waals surface area (Å²) in [5, 5.41) is 13.1. The van der Waals surface area contributed by atoms with E-state index in [1.165, 1.54) is 0 Å². The largest absolute Gasteiger partial charge is 0.335 e. The summed E-state index contributed by atoms with van der Waals surface area (Å²) in [6, 6.07) is 12.2. The molecule has 2 atom stereocenters. The smallest absolute Gasteiger partial charge is 0.274 e. The van der Waals surface area contributed by atoms with Crippen molar-refractivity contribution < 1.29 is 4.79 Å². The first-order valence-corrected chi connectivity index (χ1v) is 8.99. The van der Waals surface area contributed by atoms with Crippen molar-refractivity contribution in [1.29, 1.82) is 0 Å². The molecule has 2 aliphatic heterocycles. The average molecular weight is 348 g/mol. The highest BCUT2D eigenvalue weighted by Crippen LogP contribution is 2.39. The molecule has 0 saturated carbocycles. The Labute approximate surface area is 151 Å². The first kappa shape index (κ1) is 15.3. The molecule has 1 fully saturated rings. The van der Waals surface area contributed by atoms with E-state index in [4.69, 9.17) is 0 Å². The number of rotatable bonds is 2. The van der Waals surface area contributed by atoms with Gasteiger partial charge in [-0.1, -0.05) is 30.3 Å². The fraction of sp³-hybridized carbons (Fsp3) is 0.368. The van der Waals surface area contributed by atoms with Gasteiger partial charge >= 0.3 is 0 Å². The Hall–Kier alpha value is -2.96. The molecule has 132 valence electrons. The standard InChI is InChI=1S/C19H20N6O/c1-23-10-9-15(22-23)19(26)24-11-14-7-8-17-20-21-18(25(17)16(14)12-24)13-5-3-2-4-6-13/h2-6,9-10,14,16H,7-8,11-12H2,1H3/t14-,16+/m1/s1. The van der Waals surface area contributed by atoms with Crippen molar-refractivity contribution in [3.63, 3.8) is 0 Å². The summed E-state index contributed by atoms with van der Waals surface area (Å²) in [4.78, 5) is 14.8. The summed E-state index contributed by atoms with van der Waals surface area (Å²) in [7, 11) is 1.83. The molecule has 7 nitrogen and oxygen atoms in total. The number of likely N-dealkylation sites (tertiary alicyclic amines) is 1. The van der Waals surface area contributed by atoms with Crippen LogP contribution in [0.2, 0.25) is 0 Å². The fourth-order valence-corrected chi connectivity index (χ4v) is 4.23. The first-order chi connectivity index (χ1) is 12.7. The Morgan fingerprint density at radius 3 is 2.73 bits per heavy atom. The van der Waals surface area contributed by atoms with Gasteiger partial charge in [0.25, 0.3) is 5.91 Å². The lowest BCUT2D eigenvalue weighted by molar-refractivity contribution is 0.0778. The normalized spacial score (nSPS) is 21.5. The minimum Gasteiger partial charge on any atom is -0.335 e. The van der Waals surface area contributed by atoms with Gasteiger partial charge in [-0.15, -0.1) is 10.2 Å². The Morgan fingerprint density at radius 2 is 1.96 bits per heavy atom. The second-order valence-electron chi connectivity index (χ2n) is 7.13. The number of nitrogens with zero attached hydrogens (tertiary/aromatic N) is 6. The quantitative estimate of drug-likeness (QED) is 0.710. The van der Waals surface area contributed by atoms with Crippen molar-refractivity contribution >= 4 is 5.91 Å². The molecule has 0 bridgehead atoms. The minimum absolute atomic E-state index is 0.0101. The highest BCUT2D eigenvalue weighted by molar-refractivity contribution is 5.92. The lowest BCUT2D eigenvalue weighted by Gasteiger charge is -2.27. The summed E-state index contributed by atoms with van der Waals surface area (Å²) >= 11 is 0. The molecule has 0 N–H and O–H groups in total. The molecule has 2 aromatic heterocycles. The zero-order chi connectivity index (χ0) is 17.7. The third kappa shape index (κ3) is 2.34. The number of benzene rings is 1. The van der Waals surface area contributed by atoms with Gasteiger partial charge in [-0.2, -0.15) is 5.10 Å². The maximum Gasteiger partial charge on any atom is 0.274 e. The second-order valence-corrected chi connectivity index (χ2v) is 7.13. The monoisotopic (exact) mass is 348 g/mol. The van der Waals surface area contributed by atoms with Gasteiger partial charge in [0.05, 0.1) is 6.04 Å². The van der Waals surface area contributed by atoms with Crippen molar-refractivity contribution in [1.82, 2.24) is 29.4 Å². The molecule has 26 heavy (non-hydrogen) atoms. The third-order valence-electron chi connectivity index (χ3n) is 5.50. The molecular weight excluding hydrogens is 328 g/mol. The Balaban J connectivity index is 1.47. The molecule has 0 spiro atoms. The Kier molecular flexibility index (Phi) is 3.41. The molecule has 1 amide bonds. The minimum atomic E-state index is 0.0101. The van der Waals surface area contributed by atoms with E-state index in [1.54, 1.807) is 10.7 Å². The molecular formula is C19H20N6O. The molecule has 5 rings (SSSR count). The number of hydrogen-bond acceptors (Lipinski definition) is 4. The van der Waals surface area contributed by atoms with Gasteiger partial charge in [0.2, 0.25) is 0 Å². The van der Waals surface area contributed by atoms with E-state index < -0.39 is 0 Å². The molecule has 1 saturated heterocycles. The number of aromatic nitrogens is 5. The highest BCUT2D eigenvalue weighted by Gasteiger charge is 2.41. The van der Waals surface area contributed by atoms with Crippen LogP contribution >= 0.6 is 0 Å². The van der Waals surface area contributed by atoms with Crippen LogP contribution in [0.3, 0.4) is 0 Å². The molecule has 7 heteroatoms. The molecule has 2 aliphatic rings. The van der Waals surface area contributed by atoms with E-state index in [0.717, 1.165) is 36.6 Å². The van der Waals surface area contributed by atoms with Gasteiger partial charge in [-0.3, -0.25) is 9.48 Å². The average Bonchev–Trinajstić information content (AvgIpc) is 3.38. The van der Waals surface area contributed by atoms with Crippen LogP contribution in [0.4, 0.5) is 0 Å². The molecule has 0 unspecified atom stereocenters. The zero-order valence-electron chi connectivity index (χ0n) is 14.6. The predicted molar refractivity (Wildman–Crippen MR) is 95.4 cm³/mol. The summed E-state index contributed by atoms with van der Waals surface area (Å²) < 4.78 is 3.93. The van der Waals surface area contributed by atoms with Crippen molar-refractivity contribution in [3.05, 3.63) is 54.1 Å². The number of amides is 1. The van der Waals surface area contributed by atoms with Crippen LogP contribution < -0.4 is 0 Å². The maximum atomic E-state index is 12.8. The summed E-state index contributed by atoms with van der Waals surface area (Å²) in [5.41, 5.74) is 1.58. The third-order valence-corrected chi connectivity index (χ3v) is 5.50. The van der Waals surface area contributed by atoms with Gasteiger partial charge in [0, 0.05) is 38.3 Å². The lowest BCUT2D eigenvalue weighted by Crippen LogP contribution is -2.29. The van der Waals surface area contributed by atoms with Gasteiger partial charge < -0.3 is 9.47 Å². The highest BCUT2D eigenvalue weighted by atomic mass is 16.2. The van der Waals surface area contributed by atoms with E-state index in [1.807, 2.05) is 36.3 Å². The van der Waals surface area contributed by atoms with Gasteiger partial charge in [-0.25, -0.2) is 0 Å². The number of carbonyl (C=O) groups is 1. The molecule has 4 heterocycles. The van der Waals surface area contributed by atoms with Crippen LogP contribution in [0.25, 0.3) is 11.4 Å². The summed E-state index contributed by atoms with van der Waals surface area (Å²) in [6.07, 6.45) is 3.76. The summed E-state index contributed by atoms with van der Waals surface area (Å²) in [6.45, 7) is 1.46. The van der Waals surface area contributed by atoms with Crippen molar-refractivity contribution in [2.24, 2.45) is 13.0 Å². The van der Waals surface area contributed by atoms with Crippen molar-refractivity contribution in [2.45, 2.75) is 18.9 Å². The topological polar surface area (TPSA) is 68.8 Å². The van der Waals surface area contributed by atoms with Crippen LogP contribution in [0.1, 0.15) is 28.8 Å². The van der Waals surface area contributed by atoms with E-state index in [2.05, 4.69) is 32.0 Å². The van der Waals surface area contributed by atoms with Crippen LogP contribution in [-0.4, -0.2) is 48.4 Å². The summed E-state index contributed by atoms with van der Waals surface area (Å²) in [5.74, 6) is 2.38. The fourth-order valence-electron chi connectivity index (χ4n) is 4.23. The zero-order valence-corrected chi connectivity index (χ0v) is 14.6. The van der Waals surface area contributed by atoms with Gasteiger partial charge in [0.1, 0.15) is 11.5 Å². The van der Waals surface area contributed by atoms with Gasteiger partial charge in [0.15, 0.2) is 5.82 Å². The van der Waals surface area contributed by atoms with E-state index in [0.29, 0.717) is 18.2 Å². The van der Waals surface area contributed by atoms with Crippen LogP contribution in [-0.2, 0) is 13.5 Å². The van der Waals surface area contributed by atoms with E-state index in [-0.39, 0.29) is 11.9 Å². The number of aryl methyl sites for hydroxylation is 2. The van der Waals surface area contributed by atoms with Crippen LogP contribution in [0, 0.1) is 5.92 Å². The van der Waals surface area contributed by atoms with E-state index >= 15 is 0 Å². The Bertz CT molecular complexity index is 960. The Morgan fingerprint density at radius 1 is 1.12 bits per heavy atom. The number of carbonyl (C=O) groups excluding carboxylic acids is 1. The second kappa shape index (κ2) is 5.79. The van der Waals surface area contributed by atoms with Crippen molar-refractivity contribution in [3.8, 4) is 11.4 Å². The number of hydrogen-bond donors (Lipinski definition) is 0. The molecule has 3 aromatic rings. The molecule has 1 aromatic carbocycles. The van der Waals surface area contributed by atoms with E-state index in [9.17, 15) is 4.79 Å². The maximum absolute atomic E-state index is 12.8. The first-order valence-electron chi connectivity index (χ1n) is 8.99. The van der Waals surface area contributed by atoms with Crippen LogP contribution in [0.15, 0.2) is 42.6 Å².